The normalized spacial score (nSPS) is 10.3. The molecule has 0 bridgehead atoms. The van der Waals surface area contributed by atoms with Crippen molar-refractivity contribution in [1.82, 2.24) is 10.6 Å². The standard InChI is InChI=1S/C24H24N2O3/c1-17-3-5-18(6-4-17)15-25-23(27)20-9-11-21(12-10-20)24(28)26-16-19-7-13-22(29-2)14-8-19/h3-14H,15-16H2,1-2H3,(H,25,27)(H,26,28). The van der Waals surface area contributed by atoms with Gasteiger partial charge < -0.3 is 15.4 Å². The Bertz CT molecular complexity index is 963. The maximum Gasteiger partial charge on any atom is 0.251 e. The molecule has 3 rings (SSSR count). The van der Waals surface area contributed by atoms with Crippen molar-refractivity contribution in [2.75, 3.05) is 7.11 Å². The summed E-state index contributed by atoms with van der Waals surface area (Å²) in [7, 11) is 1.61. The van der Waals surface area contributed by atoms with E-state index in [9.17, 15) is 9.59 Å². The molecule has 0 aromatic heterocycles. The second kappa shape index (κ2) is 9.55. The number of amides is 2. The summed E-state index contributed by atoms with van der Waals surface area (Å²) < 4.78 is 5.12. The molecule has 29 heavy (non-hydrogen) atoms. The number of benzene rings is 3. The summed E-state index contributed by atoms with van der Waals surface area (Å²) in [6, 6.07) is 22.2. The Morgan fingerprint density at radius 3 is 1.52 bits per heavy atom. The summed E-state index contributed by atoms with van der Waals surface area (Å²) >= 11 is 0. The molecule has 0 aliphatic rings. The van der Waals surface area contributed by atoms with E-state index in [0.717, 1.165) is 16.9 Å². The van der Waals surface area contributed by atoms with Gasteiger partial charge in [-0.2, -0.15) is 0 Å². The molecule has 2 N–H and O–H groups in total. The number of rotatable bonds is 7. The van der Waals surface area contributed by atoms with Crippen LogP contribution < -0.4 is 15.4 Å². The van der Waals surface area contributed by atoms with Gasteiger partial charge in [0.25, 0.3) is 11.8 Å². The van der Waals surface area contributed by atoms with Gasteiger partial charge in [-0.3, -0.25) is 9.59 Å². The second-order valence-electron chi connectivity index (χ2n) is 6.78. The SMILES string of the molecule is COc1ccc(CNC(=O)c2ccc(C(=O)NCc3ccc(C)cc3)cc2)cc1. The van der Waals surface area contributed by atoms with E-state index in [-0.39, 0.29) is 11.8 Å². The van der Waals surface area contributed by atoms with E-state index in [0.29, 0.717) is 24.2 Å². The van der Waals surface area contributed by atoms with Crippen molar-refractivity contribution in [1.29, 1.82) is 0 Å². The zero-order chi connectivity index (χ0) is 20.6. The van der Waals surface area contributed by atoms with Gasteiger partial charge in [-0.05, 0) is 54.4 Å². The summed E-state index contributed by atoms with van der Waals surface area (Å²) in [5, 5.41) is 5.76. The number of nitrogens with one attached hydrogen (secondary N) is 2. The van der Waals surface area contributed by atoms with Gasteiger partial charge in [0.15, 0.2) is 0 Å². The monoisotopic (exact) mass is 388 g/mol. The van der Waals surface area contributed by atoms with Gasteiger partial charge in [0.2, 0.25) is 0 Å². The number of hydrogen-bond acceptors (Lipinski definition) is 3. The van der Waals surface area contributed by atoms with Crippen LogP contribution in [0.1, 0.15) is 37.4 Å². The maximum atomic E-state index is 12.3. The highest BCUT2D eigenvalue weighted by Crippen LogP contribution is 2.11. The largest absolute Gasteiger partial charge is 0.497 e. The number of carbonyl (C=O) groups is 2. The van der Waals surface area contributed by atoms with Crippen molar-refractivity contribution in [3.8, 4) is 5.75 Å². The molecule has 0 saturated carbocycles. The van der Waals surface area contributed by atoms with Crippen LogP contribution in [0.4, 0.5) is 0 Å². The Balaban J connectivity index is 1.52. The van der Waals surface area contributed by atoms with Crippen molar-refractivity contribution >= 4 is 11.8 Å². The number of carbonyl (C=O) groups excluding carboxylic acids is 2. The molecule has 0 aliphatic carbocycles. The zero-order valence-corrected chi connectivity index (χ0v) is 16.6. The van der Waals surface area contributed by atoms with Crippen LogP contribution in [0.25, 0.3) is 0 Å². The lowest BCUT2D eigenvalue weighted by Crippen LogP contribution is -2.24. The Hall–Kier alpha value is -3.60. The molecule has 0 radical (unpaired) electrons. The van der Waals surface area contributed by atoms with Gasteiger partial charge in [-0.25, -0.2) is 0 Å². The fraction of sp³-hybridized carbons (Fsp3) is 0.167. The van der Waals surface area contributed by atoms with Crippen molar-refractivity contribution in [3.63, 3.8) is 0 Å². The van der Waals surface area contributed by atoms with Gasteiger partial charge in [-0.15, -0.1) is 0 Å². The predicted molar refractivity (Wildman–Crippen MR) is 113 cm³/mol. The van der Waals surface area contributed by atoms with E-state index in [1.54, 1.807) is 31.4 Å². The van der Waals surface area contributed by atoms with Gasteiger partial charge in [0, 0.05) is 24.2 Å². The van der Waals surface area contributed by atoms with Gasteiger partial charge >= 0.3 is 0 Å². The quantitative estimate of drug-likeness (QED) is 0.646. The van der Waals surface area contributed by atoms with Crippen LogP contribution in [0, 0.1) is 6.92 Å². The average Bonchev–Trinajstić information content (AvgIpc) is 2.77. The minimum Gasteiger partial charge on any atom is -0.497 e. The molecule has 0 fully saturated rings. The van der Waals surface area contributed by atoms with Crippen LogP contribution in [0.2, 0.25) is 0 Å². The summed E-state index contributed by atoms with van der Waals surface area (Å²) in [5.41, 5.74) is 4.23. The molecule has 3 aromatic carbocycles. The van der Waals surface area contributed by atoms with Gasteiger partial charge in [-0.1, -0.05) is 42.0 Å². The van der Waals surface area contributed by atoms with Gasteiger partial charge in [0.1, 0.15) is 5.75 Å². The van der Waals surface area contributed by atoms with Crippen LogP contribution in [0.5, 0.6) is 5.75 Å². The van der Waals surface area contributed by atoms with E-state index < -0.39 is 0 Å². The van der Waals surface area contributed by atoms with E-state index in [4.69, 9.17) is 4.74 Å². The Labute approximate surface area is 170 Å². The maximum absolute atomic E-state index is 12.3. The highest BCUT2D eigenvalue weighted by molar-refractivity contribution is 5.97. The lowest BCUT2D eigenvalue weighted by atomic mass is 10.1. The van der Waals surface area contributed by atoms with E-state index in [1.165, 1.54) is 5.56 Å². The van der Waals surface area contributed by atoms with Crippen LogP contribution in [-0.2, 0) is 13.1 Å². The highest BCUT2D eigenvalue weighted by atomic mass is 16.5. The minimum absolute atomic E-state index is 0.171. The fourth-order valence-corrected chi connectivity index (χ4v) is 2.79. The van der Waals surface area contributed by atoms with Crippen LogP contribution in [-0.4, -0.2) is 18.9 Å². The molecule has 0 spiro atoms. The van der Waals surface area contributed by atoms with Crippen molar-refractivity contribution < 1.29 is 14.3 Å². The van der Waals surface area contributed by atoms with Crippen molar-refractivity contribution in [2.24, 2.45) is 0 Å². The number of methoxy groups -OCH3 is 1. The zero-order valence-electron chi connectivity index (χ0n) is 16.6. The molecule has 0 unspecified atom stereocenters. The molecule has 0 heterocycles. The summed E-state index contributed by atoms with van der Waals surface area (Å²) in [6.45, 7) is 2.90. The summed E-state index contributed by atoms with van der Waals surface area (Å²) in [6.07, 6.45) is 0. The van der Waals surface area contributed by atoms with E-state index in [1.807, 2.05) is 55.5 Å². The first kappa shape index (κ1) is 20.1. The third-order valence-corrected chi connectivity index (χ3v) is 4.60. The molecule has 148 valence electrons. The topological polar surface area (TPSA) is 67.4 Å². The van der Waals surface area contributed by atoms with E-state index >= 15 is 0 Å². The van der Waals surface area contributed by atoms with Crippen molar-refractivity contribution in [3.05, 3.63) is 101 Å². The first-order valence-electron chi connectivity index (χ1n) is 9.40. The second-order valence-corrected chi connectivity index (χ2v) is 6.78. The number of ether oxygens (including phenoxy) is 1. The van der Waals surface area contributed by atoms with Crippen molar-refractivity contribution in [2.45, 2.75) is 20.0 Å². The molecule has 5 nitrogen and oxygen atoms in total. The summed E-state index contributed by atoms with van der Waals surface area (Å²) in [5.74, 6) is 0.416. The van der Waals surface area contributed by atoms with Gasteiger partial charge in [0.05, 0.1) is 7.11 Å². The molecule has 3 aromatic rings. The highest BCUT2D eigenvalue weighted by Gasteiger charge is 2.09. The molecule has 0 aliphatic heterocycles. The molecular weight excluding hydrogens is 364 g/mol. The minimum atomic E-state index is -0.188. The average molecular weight is 388 g/mol. The third kappa shape index (κ3) is 5.69. The first-order valence-corrected chi connectivity index (χ1v) is 9.40. The fourth-order valence-electron chi connectivity index (χ4n) is 2.79. The lowest BCUT2D eigenvalue weighted by molar-refractivity contribution is 0.0939. The molecule has 0 atom stereocenters. The predicted octanol–water partition coefficient (Wildman–Crippen LogP) is 3.86. The Morgan fingerprint density at radius 2 is 1.10 bits per heavy atom. The molecule has 5 heteroatoms. The van der Waals surface area contributed by atoms with Crippen LogP contribution in [0.3, 0.4) is 0 Å². The molecular formula is C24H24N2O3. The van der Waals surface area contributed by atoms with Crippen LogP contribution >= 0.6 is 0 Å². The summed E-state index contributed by atoms with van der Waals surface area (Å²) in [4.78, 5) is 24.6. The van der Waals surface area contributed by atoms with E-state index in [2.05, 4.69) is 10.6 Å². The smallest absolute Gasteiger partial charge is 0.251 e. The first-order chi connectivity index (χ1) is 14.0. The third-order valence-electron chi connectivity index (χ3n) is 4.60. The van der Waals surface area contributed by atoms with Crippen LogP contribution in [0.15, 0.2) is 72.8 Å². The molecule has 2 amide bonds. The lowest BCUT2D eigenvalue weighted by Gasteiger charge is -2.08. The Kier molecular flexibility index (Phi) is 6.63. The Morgan fingerprint density at radius 1 is 0.690 bits per heavy atom. The number of hydrogen-bond donors (Lipinski definition) is 2. The molecule has 0 saturated heterocycles. The number of aryl methyl sites for hydroxylation is 1.